The van der Waals surface area contributed by atoms with Gasteiger partial charge in [0.05, 0.1) is 12.5 Å². The molecular weight excluding hydrogens is 274 g/mol. The van der Waals surface area contributed by atoms with Gasteiger partial charge in [0.15, 0.2) is 0 Å². The zero-order valence-electron chi connectivity index (χ0n) is 12.8. The van der Waals surface area contributed by atoms with Crippen molar-refractivity contribution in [1.82, 2.24) is 4.90 Å². The molecular formula is C15H21NO5. The van der Waals surface area contributed by atoms with Gasteiger partial charge in [-0.25, -0.2) is 14.5 Å². The zero-order valence-corrected chi connectivity index (χ0v) is 12.8. The number of imide groups is 1. The SMILES string of the molecule is C#CC[C@@H]1C[C@@H](C(=O)OCC)N(C(=O)OC(C)(C)C)C1=O. The van der Waals surface area contributed by atoms with Gasteiger partial charge in [0.2, 0.25) is 5.91 Å². The van der Waals surface area contributed by atoms with Gasteiger partial charge < -0.3 is 9.47 Å². The molecule has 1 aliphatic rings. The molecule has 0 aliphatic carbocycles. The average molecular weight is 295 g/mol. The first-order valence-corrected chi connectivity index (χ1v) is 6.87. The molecule has 0 aromatic heterocycles. The molecule has 1 fully saturated rings. The van der Waals surface area contributed by atoms with Crippen molar-refractivity contribution in [2.75, 3.05) is 6.61 Å². The summed E-state index contributed by atoms with van der Waals surface area (Å²) in [7, 11) is 0. The van der Waals surface area contributed by atoms with Crippen LogP contribution in [-0.2, 0) is 19.1 Å². The predicted molar refractivity (Wildman–Crippen MR) is 75.1 cm³/mol. The van der Waals surface area contributed by atoms with Crippen LogP contribution >= 0.6 is 0 Å². The summed E-state index contributed by atoms with van der Waals surface area (Å²) >= 11 is 0. The summed E-state index contributed by atoms with van der Waals surface area (Å²) in [6.07, 6.45) is 4.72. The normalized spacial score (nSPS) is 21.9. The Labute approximate surface area is 124 Å². The van der Waals surface area contributed by atoms with Crippen molar-refractivity contribution in [1.29, 1.82) is 0 Å². The summed E-state index contributed by atoms with van der Waals surface area (Å²) in [5.41, 5.74) is -0.763. The van der Waals surface area contributed by atoms with Crippen LogP contribution in [0, 0.1) is 18.3 Å². The second-order valence-corrected chi connectivity index (χ2v) is 5.80. The molecule has 6 nitrogen and oxygen atoms in total. The first-order chi connectivity index (χ1) is 9.71. The standard InChI is InChI=1S/C15H21NO5/c1-6-8-10-9-11(13(18)20-7-2)16(12(10)17)14(19)21-15(3,4)5/h1,10-11H,7-9H2,2-5H3/t10-,11+/m1/s1. The molecule has 0 N–H and O–H groups in total. The number of terminal acetylenes is 1. The molecule has 6 heteroatoms. The van der Waals surface area contributed by atoms with Crippen LogP contribution in [0.3, 0.4) is 0 Å². The summed E-state index contributed by atoms with van der Waals surface area (Å²) < 4.78 is 10.1. The lowest BCUT2D eigenvalue weighted by Crippen LogP contribution is -2.46. The fourth-order valence-electron chi connectivity index (χ4n) is 2.11. The summed E-state index contributed by atoms with van der Waals surface area (Å²) in [6, 6.07) is -0.967. The monoisotopic (exact) mass is 295 g/mol. The Kier molecular flexibility index (Phi) is 5.36. The highest BCUT2D eigenvalue weighted by molar-refractivity contribution is 6.00. The Balaban J connectivity index is 2.98. The van der Waals surface area contributed by atoms with Crippen LogP contribution in [0.4, 0.5) is 4.79 Å². The minimum absolute atomic E-state index is 0.168. The van der Waals surface area contributed by atoms with Crippen molar-refractivity contribution in [3.63, 3.8) is 0 Å². The van der Waals surface area contributed by atoms with Crippen LogP contribution in [0.15, 0.2) is 0 Å². The Hall–Kier alpha value is -2.03. The highest BCUT2D eigenvalue weighted by Crippen LogP contribution is 2.29. The smallest absolute Gasteiger partial charge is 0.417 e. The second kappa shape index (κ2) is 6.61. The molecule has 0 unspecified atom stereocenters. The van der Waals surface area contributed by atoms with E-state index in [2.05, 4.69) is 5.92 Å². The van der Waals surface area contributed by atoms with Crippen molar-refractivity contribution < 1.29 is 23.9 Å². The van der Waals surface area contributed by atoms with Crippen molar-refractivity contribution in [2.45, 2.75) is 52.2 Å². The first kappa shape index (κ1) is 17.0. The number of ether oxygens (including phenoxy) is 2. The molecule has 0 aromatic rings. The number of amides is 2. The summed E-state index contributed by atoms with van der Waals surface area (Å²) in [4.78, 5) is 37.2. The number of rotatable bonds is 3. The first-order valence-electron chi connectivity index (χ1n) is 6.87. The van der Waals surface area contributed by atoms with E-state index in [0.717, 1.165) is 4.90 Å². The van der Waals surface area contributed by atoms with Crippen LogP contribution in [0.1, 0.15) is 40.5 Å². The number of likely N-dealkylation sites (tertiary alicyclic amines) is 1. The summed E-state index contributed by atoms with van der Waals surface area (Å²) in [5.74, 6) is 0.729. The van der Waals surface area contributed by atoms with Gasteiger partial charge in [-0.05, 0) is 34.1 Å². The second-order valence-electron chi connectivity index (χ2n) is 5.80. The van der Waals surface area contributed by atoms with E-state index in [9.17, 15) is 14.4 Å². The van der Waals surface area contributed by atoms with E-state index in [1.54, 1.807) is 27.7 Å². The Morgan fingerprint density at radius 2 is 2.05 bits per heavy atom. The average Bonchev–Trinajstić information content (AvgIpc) is 2.66. The minimum atomic E-state index is -0.967. The maximum Gasteiger partial charge on any atom is 0.417 e. The van der Waals surface area contributed by atoms with E-state index in [1.165, 1.54) is 0 Å². The van der Waals surface area contributed by atoms with Gasteiger partial charge in [0.1, 0.15) is 11.6 Å². The summed E-state index contributed by atoms with van der Waals surface area (Å²) in [5, 5.41) is 0. The molecule has 2 amide bonds. The quantitative estimate of drug-likeness (QED) is 0.585. The van der Waals surface area contributed by atoms with Crippen LogP contribution < -0.4 is 0 Å². The highest BCUT2D eigenvalue weighted by atomic mass is 16.6. The lowest BCUT2D eigenvalue weighted by atomic mass is 10.0. The molecule has 116 valence electrons. The lowest BCUT2D eigenvalue weighted by Gasteiger charge is -2.26. The molecule has 21 heavy (non-hydrogen) atoms. The molecule has 1 heterocycles. The number of hydrogen-bond acceptors (Lipinski definition) is 5. The van der Waals surface area contributed by atoms with Gasteiger partial charge >= 0.3 is 12.1 Å². The lowest BCUT2D eigenvalue weighted by molar-refractivity contribution is -0.151. The topological polar surface area (TPSA) is 72.9 Å². The van der Waals surface area contributed by atoms with E-state index in [-0.39, 0.29) is 19.4 Å². The Morgan fingerprint density at radius 3 is 2.52 bits per heavy atom. The number of carbonyl (C=O) groups excluding carboxylic acids is 3. The maximum atomic E-state index is 12.3. The largest absolute Gasteiger partial charge is 0.464 e. The molecule has 1 aliphatic heterocycles. The summed E-state index contributed by atoms with van der Waals surface area (Å²) in [6.45, 7) is 6.88. The highest BCUT2D eigenvalue weighted by Gasteiger charge is 2.48. The van der Waals surface area contributed by atoms with Crippen LogP contribution in [0.25, 0.3) is 0 Å². The maximum absolute atomic E-state index is 12.3. The molecule has 0 bridgehead atoms. The third kappa shape index (κ3) is 4.22. The van der Waals surface area contributed by atoms with E-state index in [0.29, 0.717) is 0 Å². The molecule has 1 saturated heterocycles. The minimum Gasteiger partial charge on any atom is -0.464 e. The molecule has 2 atom stereocenters. The fraction of sp³-hybridized carbons (Fsp3) is 0.667. The van der Waals surface area contributed by atoms with Gasteiger partial charge in [-0.3, -0.25) is 4.79 Å². The molecule has 0 radical (unpaired) electrons. The van der Waals surface area contributed by atoms with E-state index < -0.39 is 35.5 Å². The number of carbonyl (C=O) groups is 3. The molecule has 0 aromatic carbocycles. The predicted octanol–water partition coefficient (Wildman–Crippen LogP) is 1.73. The number of hydrogen-bond donors (Lipinski definition) is 0. The molecule has 0 saturated carbocycles. The Bertz CT molecular complexity index is 471. The number of nitrogens with zero attached hydrogens (tertiary/aromatic N) is 1. The van der Waals surface area contributed by atoms with Crippen molar-refractivity contribution in [3.05, 3.63) is 0 Å². The van der Waals surface area contributed by atoms with E-state index in [4.69, 9.17) is 15.9 Å². The fourth-order valence-corrected chi connectivity index (χ4v) is 2.11. The van der Waals surface area contributed by atoms with Crippen LogP contribution in [0.5, 0.6) is 0 Å². The van der Waals surface area contributed by atoms with E-state index in [1.807, 2.05) is 0 Å². The molecule has 1 rings (SSSR count). The molecule has 0 spiro atoms. The Morgan fingerprint density at radius 1 is 1.43 bits per heavy atom. The van der Waals surface area contributed by atoms with Crippen LogP contribution in [0.2, 0.25) is 0 Å². The van der Waals surface area contributed by atoms with Crippen LogP contribution in [-0.4, -0.2) is 41.1 Å². The van der Waals surface area contributed by atoms with E-state index >= 15 is 0 Å². The van der Waals surface area contributed by atoms with Gasteiger partial charge in [0, 0.05) is 6.42 Å². The van der Waals surface area contributed by atoms with Gasteiger partial charge in [-0.15, -0.1) is 12.3 Å². The van der Waals surface area contributed by atoms with Gasteiger partial charge in [-0.2, -0.15) is 0 Å². The third-order valence-electron chi connectivity index (χ3n) is 2.92. The number of esters is 1. The van der Waals surface area contributed by atoms with Crippen molar-refractivity contribution in [3.8, 4) is 12.3 Å². The third-order valence-corrected chi connectivity index (χ3v) is 2.92. The van der Waals surface area contributed by atoms with Gasteiger partial charge in [0.25, 0.3) is 0 Å². The zero-order chi connectivity index (χ0) is 16.2. The van der Waals surface area contributed by atoms with Gasteiger partial charge in [-0.1, -0.05) is 0 Å². The van der Waals surface area contributed by atoms with Crippen molar-refractivity contribution in [2.24, 2.45) is 5.92 Å². The van der Waals surface area contributed by atoms with Crippen molar-refractivity contribution >= 4 is 18.0 Å².